The van der Waals surface area contributed by atoms with Crippen molar-refractivity contribution in [2.75, 3.05) is 0 Å². The molecule has 2 heteroatoms. The summed E-state index contributed by atoms with van der Waals surface area (Å²) in [5, 5.41) is 0. The third-order valence-corrected chi connectivity index (χ3v) is 5.98. The molecule has 3 rings (SSSR count). The van der Waals surface area contributed by atoms with Gasteiger partial charge in [0.2, 0.25) is 0 Å². The minimum atomic E-state index is -0.191. The Labute approximate surface area is 162 Å². The van der Waals surface area contributed by atoms with Gasteiger partial charge < -0.3 is 0 Å². The number of benzene rings is 2. The molecule has 27 heavy (non-hydrogen) atoms. The van der Waals surface area contributed by atoms with Gasteiger partial charge in [-0.3, -0.25) is 0 Å². The van der Waals surface area contributed by atoms with Gasteiger partial charge in [-0.05, 0) is 79.2 Å². The van der Waals surface area contributed by atoms with Crippen molar-refractivity contribution < 1.29 is 8.78 Å². The van der Waals surface area contributed by atoms with Crippen molar-refractivity contribution >= 4 is 0 Å². The van der Waals surface area contributed by atoms with Gasteiger partial charge in [-0.15, -0.1) is 0 Å². The minimum absolute atomic E-state index is 0.191. The highest BCUT2D eigenvalue weighted by Gasteiger charge is 2.22. The van der Waals surface area contributed by atoms with Gasteiger partial charge in [0.15, 0.2) is 0 Å². The quantitative estimate of drug-likeness (QED) is 0.412. The van der Waals surface area contributed by atoms with Crippen LogP contribution in [0.2, 0.25) is 0 Å². The first-order valence-corrected chi connectivity index (χ1v) is 10.4. The molecule has 0 aliphatic heterocycles. The van der Waals surface area contributed by atoms with Crippen LogP contribution in [0.15, 0.2) is 60.9 Å². The highest BCUT2D eigenvalue weighted by Crippen LogP contribution is 2.38. The molecule has 2 aromatic rings. The molecule has 0 unspecified atom stereocenters. The third-order valence-electron chi connectivity index (χ3n) is 5.98. The van der Waals surface area contributed by atoms with Crippen LogP contribution in [0.1, 0.15) is 69.3 Å². The van der Waals surface area contributed by atoms with Crippen molar-refractivity contribution in [2.45, 2.75) is 63.7 Å². The lowest BCUT2D eigenvalue weighted by Gasteiger charge is -2.29. The summed E-state index contributed by atoms with van der Waals surface area (Å²) in [6.45, 7) is 0. The van der Waals surface area contributed by atoms with Crippen LogP contribution in [-0.4, -0.2) is 0 Å². The van der Waals surface area contributed by atoms with Crippen molar-refractivity contribution in [1.82, 2.24) is 0 Å². The zero-order valence-corrected chi connectivity index (χ0v) is 16.0. The Morgan fingerprint density at radius 2 is 1.41 bits per heavy atom. The molecule has 1 aliphatic rings. The molecule has 0 aromatic heterocycles. The summed E-state index contributed by atoms with van der Waals surface area (Å²) in [6.07, 6.45) is 13.3. The Morgan fingerprint density at radius 1 is 0.778 bits per heavy atom. The predicted octanol–water partition coefficient (Wildman–Crippen LogP) is 8.20. The van der Waals surface area contributed by atoms with Crippen molar-refractivity contribution in [3.05, 3.63) is 72.3 Å². The maximum Gasteiger partial charge on any atom is 0.123 e. The molecule has 0 amide bonds. The summed E-state index contributed by atoms with van der Waals surface area (Å²) < 4.78 is 25.0. The molecular formula is C25H30F2. The molecule has 0 bridgehead atoms. The Morgan fingerprint density at radius 3 is 2.04 bits per heavy atom. The van der Waals surface area contributed by atoms with E-state index in [9.17, 15) is 8.78 Å². The highest BCUT2D eigenvalue weighted by molar-refractivity contribution is 5.63. The van der Waals surface area contributed by atoms with E-state index < -0.39 is 0 Å². The van der Waals surface area contributed by atoms with Gasteiger partial charge in [-0.25, -0.2) is 8.78 Å². The standard InChI is InChI=1S/C25H30F2/c26-19-5-3-1-2-4-6-20-7-9-21(10-8-20)22-11-13-23(14-12-22)24-15-17-25(27)18-16-24/h5,11-21H,1-4,6-10H2/b19-5+. The first kappa shape index (κ1) is 19.8. The molecule has 2 aromatic carbocycles. The molecule has 0 saturated heterocycles. The van der Waals surface area contributed by atoms with E-state index in [1.807, 2.05) is 12.1 Å². The molecule has 0 atom stereocenters. The fourth-order valence-corrected chi connectivity index (χ4v) is 4.31. The Balaban J connectivity index is 1.43. The normalized spacial score (nSPS) is 20.2. The number of unbranched alkanes of at least 4 members (excludes halogenated alkanes) is 3. The maximum absolute atomic E-state index is 13.1. The average Bonchev–Trinajstić information content (AvgIpc) is 2.72. The second kappa shape index (κ2) is 10.4. The van der Waals surface area contributed by atoms with Crippen LogP contribution in [0.4, 0.5) is 8.78 Å². The van der Waals surface area contributed by atoms with E-state index in [0.29, 0.717) is 12.2 Å². The summed E-state index contributed by atoms with van der Waals surface area (Å²) in [6, 6.07) is 15.5. The minimum Gasteiger partial charge on any atom is -0.216 e. The van der Waals surface area contributed by atoms with E-state index >= 15 is 0 Å². The van der Waals surface area contributed by atoms with E-state index in [0.717, 1.165) is 29.9 Å². The predicted molar refractivity (Wildman–Crippen MR) is 110 cm³/mol. The van der Waals surface area contributed by atoms with Gasteiger partial charge in [0.1, 0.15) is 5.82 Å². The molecule has 0 nitrogen and oxygen atoms in total. The number of rotatable bonds is 8. The number of hydrogen-bond donors (Lipinski definition) is 0. The number of hydrogen-bond acceptors (Lipinski definition) is 0. The lowest BCUT2D eigenvalue weighted by Crippen LogP contribution is -2.13. The van der Waals surface area contributed by atoms with E-state index in [-0.39, 0.29) is 5.82 Å². The summed E-state index contributed by atoms with van der Waals surface area (Å²) in [5.74, 6) is 1.36. The molecule has 1 aliphatic carbocycles. The van der Waals surface area contributed by atoms with Gasteiger partial charge in [0, 0.05) is 0 Å². The largest absolute Gasteiger partial charge is 0.216 e. The summed E-state index contributed by atoms with van der Waals surface area (Å²) in [4.78, 5) is 0. The van der Waals surface area contributed by atoms with Crippen LogP contribution in [0.3, 0.4) is 0 Å². The number of allylic oxidation sites excluding steroid dienone is 1. The highest BCUT2D eigenvalue weighted by atomic mass is 19.1. The van der Waals surface area contributed by atoms with Crippen LogP contribution in [0.25, 0.3) is 11.1 Å². The molecule has 0 N–H and O–H groups in total. The van der Waals surface area contributed by atoms with E-state index in [2.05, 4.69) is 24.3 Å². The Hall–Kier alpha value is -1.96. The van der Waals surface area contributed by atoms with Crippen LogP contribution in [-0.2, 0) is 0 Å². The molecule has 0 radical (unpaired) electrons. The first-order chi connectivity index (χ1) is 13.3. The van der Waals surface area contributed by atoms with Crippen LogP contribution in [0.5, 0.6) is 0 Å². The first-order valence-electron chi connectivity index (χ1n) is 10.4. The molecule has 0 spiro atoms. The lowest BCUT2D eigenvalue weighted by atomic mass is 9.77. The molecule has 1 saturated carbocycles. The van der Waals surface area contributed by atoms with Crippen LogP contribution in [0, 0.1) is 11.7 Å². The van der Waals surface area contributed by atoms with E-state index in [1.165, 1.54) is 62.6 Å². The van der Waals surface area contributed by atoms with Gasteiger partial charge in [0.05, 0.1) is 6.33 Å². The van der Waals surface area contributed by atoms with Gasteiger partial charge >= 0.3 is 0 Å². The maximum atomic E-state index is 13.1. The summed E-state index contributed by atoms with van der Waals surface area (Å²) in [5.41, 5.74) is 3.65. The van der Waals surface area contributed by atoms with Crippen LogP contribution >= 0.6 is 0 Å². The van der Waals surface area contributed by atoms with E-state index in [4.69, 9.17) is 0 Å². The topological polar surface area (TPSA) is 0 Å². The van der Waals surface area contributed by atoms with Crippen molar-refractivity contribution in [1.29, 1.82) is 0 Å². The zero-order chi connectivity index (χ0) is 18.9. The monoisotopic (exact) mass is 368 g/mol. The molecule has 144 valence electrons. The molecule has 0 heterocycles. The Kier molecular flexibility index (Phi) is 7.62. The van der Waals surface area contributed by atoms with Crippen LogP contribution < -0.4 is 0 Å². The van der Waals surface area contributed by atoms with Gasteiger partial charge in [-0.1, -0.05) is 61.7 Å². The van der Waals surface area contributed by atoms with Gasteiger partial charge in [-0.2, -0.15) is 0 Å². The van der Waals surface area contributed by atoms with E-state index in [1.54, 1.807) is 6.08 Å². The van der Waals surface area contributed by atoms with Crippen molar-refractivity contribution in [3.63, 3.8) is 0 Å². The fraction of sp³-hybridized carbons (Fsp3) is 0.440. The van der Waals surface area contributed by atoms with Crippen molar-refractivity contribution in [2.24, 2.45) is 5.92 Å². The summed E-state index contributed by atoms with van der Waals surface area (Å²) in [7, 11) is 0. The molecular weight excluding hydrogens is 338 g/mol. The Bertz CT molecular complexity index is 692. The second-order valence-corrected chi connectivity index (χ2v) is 7.85. The lowest BCUT2D eigenvalue weighted by molar-refractivity contribution is 0.302. The number of halogens is 2. The fourth-order valence-electron chi connectivity index (χ4n) is 4.31. The zero-order valence-electron chi connectivity index (χ0n) is 16.0. The SMILES string of the molecule is F/C=C/CCCCCC1CCC(c2ccc(-c3ccc(F)cc3)cc2)CC1. The smallest absolute Gasteiger partial charge is 0.123 e. The van der Waals surface area contributed by atoms with Gasteiger partial charge in [0.25, 0.3) is 0 Å². The summed E-state index contributed by atoms with van der Waals surface area (Å²) >= 11 is 0. The second-order valence-electron chi connectivity index (χ2n) is 7.85. The average molecular weight is 369 g/mol. The van der Waals surface area contributed by atoms with Crippen molar-refractivity contribution in [3.8, 4) is 11.1 Å². The third kappa shape index (κ3) is 6.02. The molecule has 1 fully saturated rings.